The van der Waals surface area contributed by atoms with Crippen LogP contribution in [0.5, 0.6) is 0 Å². The Hall–Kier alpha value is -2.18. The molecular formula is C16H20Cl2FN3O2. The predicted octanol–water partition coefficient (Wildman–Crippen LogP) is 4.43. The number of benzene rings is 2. The van der Waals surface area contributed by atoms with E-state index in [4.69, 9.17) is 16.0 Å². The van der Waals surface area contributed by atoms with Crippen molar-refractivity contribution in [1.82, 2.24) is 0 Å². The molecule has 0 aliphatic rings. The van der Waals surface area contributed by atoms with E-state index in [1.165, 1.54) is 6.07 Å². The van der Waals surface area contributed by atoms with Crippen molar-refractivity contribution in [1.29, 1.82) is 0 Å². The lowest BCUT2D eigenvalue weighted by Gasteiger charge is -2.11. The first-order chi connectivity index (χ1) is 12.3. The summed E-state index contributed by atoms with van der Waals surface area (Å²) in [4.78, 5) is 11.4. The molecule has 0 bridgehead atoms. The SMILES string of the molecule is Cl.Cl.[2H]c1c([2H])c(CNc2ccc(NC(=O)OCC)c(N)c2)c([2H])c([2H])c1F. The zero-order valence-corrected chi connectivity index (χ0v) is 14.4. The fourth-order valence-electron chi connectivity index (χ4n) is 1.67. The van der Waals surface area contributed by atoms with E-state index in [9.17, 15) is 9.18 Å². The standard InChI is InChI=1S/C16H18FN3O2.2ClH/c1-2-22-16(21)20-15-8-7-13(9-14(15)18)19-10-11-3-5-12(17)6-4-11;;/h3-9,19H,2,10,18H2,1H3,(H,20,21);2*1H/i3D,4D,5D,6D;;. The average Bonchev–Trinajstić information content (AvgIpc) is 2.60. The van der Waals surface area contributed by atoms with Gasteiger partial charge in [0.05, 0.1) is 23.5 Å². The van der Waals surface area contributed by atoms with E-state index in [1.54, 1.807) is 19.1 Å². The summed E-state index contributed by atoms with van der Waals surface area (Å²) in [5, 5.41) is 5.40. The molecule has 0 unspecified atom stereocenters. The van der Waals surface area contributed by atoms with E-state index < -0.39 is 36.1 Å². The summed E-state index contributed by atoms with van der Waals surface area (Å²) in [6, 6.07) is 2.38. The third-order valence-corrected chi connectivity index (χ3v) is 2.68. The minimum atomic E-state index is -1.18. The van der Waals surface area contributed by atoms with Crippen molar-refractivity contribution in [2.45, 2.75) is 13.5 Å². The Bertz CT molecular complexity index is 830. The van der Waals surface area contributed by atoms with Gasteiger partial charge in [0.15, 0.2) is 0 Å². The maximum atomic E-state index is 13.6. The molecule has 0 aliphatic heterocycles. The smallest absolute Gasteiger partial charge is 0.411 e. The monoisotopic (exact) mass is 379 g/mol. The zero-order chi connectivity index (χ0) is 19.4. The first kappa shape index (κ1) is 15.4. The van der Waals surface area contributed by atoms with Gasteiger partial charge < -0.3 is 15.8 Å². The van der Waals surface area contributed by atoms with Gasteiger partial charge in [0.2, 0.25) is 0 Å². The van der Waals surface area contributed by atoms with Crippen LogP contribution in [-0.2, 0) is 11.3 Å². The topological polar surface area (TPSA) is 76.4 Å². The molecule has 4 N–H and O–H groups in total. The molecule has 24 heavy (non-hydrogen) atoms. The second-order valence-electron chi connectivity index (χ2n) is 4.29. The first-order valence-electron chi connectivity index (χ1n) is 8.58. The third kappa shape index (κ3) is 6.52. The molecule has 1 amide bonds. The van der Waals surface area contributed by atoms with Gasteiger partial charge in [-0.1, -0.05) is 12.1 Å². The molecule has 2 aromatic rings. The van der Waals surface area contributed by atoms with Crippen LogP contribution in [0.3, 0.4) is 0 Å². The molecule has 0 saturated carbocycles. The van der Waals surface area contributed by atoms with Gasteiger partial charge in [-0.25, -0.2) is 9.18 Å². The summed E-state index contributed by atoms with van der Waals surface area (Å²) in [6.45, 7) is 1.85. The van der Waals surface area contributed by atoms with E-state index in [-0.39, 0.29) is 49.2 Å². The summed E-state index contributed by atoms with van der Waals surface area (Å²) in [7, 11) is 0. The van der Waals surface area contributed by atoms with Crippen molar-refractivity contribution in [2.75, 3.05) is 23.0 Å². The van der Waals surface area contributed by atoms with Crippen LogP contribution in [0.25, 0.3) is 0 Å². The molecule has 0 saturated heterocycles. The number of hydrogen-bond acceptors (Lipinski definition) is 4. The van der Waals surface area contributed by atoms with Crippen molar-refractivity contribution in [3.63, 3.8) is 0 Å². The number of nitrogens with two attached hydrogens (primary N) is 1. The van der Waals surface area contributed by atoms with E-state index in [1.807, 2.05) is 0 Å². The van der Waals surface area contributed by atoms with Crippen molar-refractivity contribution in [2.24, 2.45) is 0 Å². The van der Waals surface area contributed by atoms with Crippen LogP contribution < -0.4 is 16.4 Å². The highest BCUT2D eigenvalue weighted by atomic mass is 35.5. The molecule has 0 spiro atoms. The van der Waals surface area contributed by atoms with Crippen LogP contribution in [0.4, 0.5) is 26.2 Å². The van der Waals surface area contributed by atoms with E-state index in [2.05, 4.69) is 10.6 Å². The van der Waals surface area contributed by atoms with Crippen molar-refractivity contribution >= 4 is 48.0 Å². The minimum Gasteiger partial charge on any atom is -0.450 e. The third-order valence-electron chi connectivity index (χ3n) is 2.68. The number of ether oxygens (including phenoxy) is 1. The Morgan fingerprint density at radius 3 is 2.54 bits per heavy atom. The number of hydrogen-bond donors (Lipinski definition) is 3. The molecule has 2 aromatic carbocycles. The fraction of sp³-hybridized carbons (Fsp3) is 0.188. The number of anilines is 3. The van der Waals surface area contributed by atoms with Gasteiger partial charge in [0.25, 0.3) is 0 Å². The van der Waals surface area contributed by atoms with Gasteiger partial charge in [-0.15, -0.1) is 24.8 Å². The predicted molar refractivity (Wildman–Crippen MR) is 99.7 cm³/mol. The minimum absolute atomic E-state index is 0. The van der Waals surface area contributed by atoms with Crippen LogP contribution >= 0.6 is 24.8 Å². The van der Waals surface area contributed by atoms with Crippen molar-refractivity contribution in [3.8, 4) is 0 Å². The number of carbonyl (C=O) groups excluding carboxylic acids is 1. The fourth-order valence-corrected chi connectivity index (χ4v) is 1.67. The number of amides is 1. The molecule has 0 heterocycles. The first-order valence-corrected chi connectivity index (χ1v) is 6.58. The van der Waals surface area contributed by atoms with Gasteiger partial charge in [0, 0.05) is 12.2 Å². The summed E-state index contributed by atoms with van der Waals surface area (Å²) in [5.74, 6) is -1.18. The van der Waals surface area contributed by atoms with Crippen LogP contribution in [0, 0.1) is 5.82 Å². The van der Waals surface area contributed by atoms with Crippen molar-refractivity contribution in [3.05, 3.63) is 53.7 Å². The normalized spacial score (nSPS) is 11.6. The van der Waals surface area contributed by atoms with Crippen molar-refractivity contribution < 1.29 is 19.4 Å². The second kappa shape index (κ2) is 10.6. The lowest BCUT2D eigenvalue weighted by atomic mass is 10.2. The van der Waals surface area contributed by atoms with Crippen LogP contribution in [-0.4, -0.2) is 12.7 Å². The number of nitrogens with one attached hydrogen (secondary N) is 2. The molecule has 0 aromatic heterocycles. The number of rotatable bonds is 5. The maximum Gasteiger partial charge on any atom is 0.411 e. The molecule has 132 valence electrons. The maximum absolute atomic E-state index is 13.6. The van der Waals surface area contributed by atoms with Crippen LogP contribution in [0.15, 0.2) is 42.4 Å². The largest absolute Gasteiger partial charge is 0.450 e. The highest BCUT2D eigenvalue weighted by molar-refractivity contribution is 5.89. The highest BCUT2D eigenvalue weighted by Crippen LogP contribution is 2.23. The second-order valence-corrected chi connectivity index (χ2v) is 4.29. The summed E-state index contributed by atoms with van der Waals surface area (Å²) < 4.78 is 48.9. The Balaban J connectivity index is 0.00000364. The molecule has 0 fully saturated rings. The molecular weight excluding hydrogens is 356 g/mol. The molecule has 8 heteroatoms. The van der Waals surface area contributed by atoms with E-state index >= 15 is 0 Å². The summed E-state index contributed by atoms with van der Waals surface area (Å²) >= 11 is 0. The van der Waals surface area contributed by atoms with Gasteiger partial charge >= 0.3 is 6.09 Å². The van der Waals surface area contributed by atoms with Gasteiger partial charge in [-0.3, -0.25) is 5.32 Å². The van der Waals surface area contributed by atoms with E-state index in [0.717, 1.165) is 0 Å². The van der Waals surface area contributed by atoms with Gasteiger partial charge in [-0.05, 0) is 42.8 Å². The quantitative estimate of drug-likeness (QED) is 0.671. The molecule has 2 rings (SSSR count). The average molecular weight is 380 g/mol. The van der Waals surface area contributed by atoms with Gasteiger partial charge in [0.1, 0.15) is 5.82 Å². The van der Waals surface area contributed by atoms with Crippen LogP contribution in [0.2, 0.25) is 0 Å². The van der Waals surface area contributed by atoms with E-state index in [0.29, 0.717) is 11.4 Å². The molecule has 0 aliphatic carbocycles. The lowest BCUT2D eigenvalue weighted by Crippen LogP contribution is -2.14. The number of halogens is 3. The van der Waals surface area contributed by atoms with Gasteiger partial charge in [-0.2, -0.15) is 0 Å². The highest BCUT2D eigenvalue weighted by Gasteiger charge is 2.06. The Labute approximate surface area is 158 Å². The number of carbonyl (C=O) groups is 1. The lowest BCUT2D eigenvalue weighted by molar-refractivity contribution is 0.168. The Kier molecular flexibility index (Phi) is 6.76. The van der Waals surface area contributed by atoms with Crippen LogP contribution in [0.1, 0.15) is 18.0 Å². The molecule has 0 atom stereocenters. The summed E-state index contributed by atoms with van der Waals surface area (Å²) in [6.07, 6.45) is -0.630. The Morgan fingerprint density at radius 1 is 1.29 bits per heavy atom. The Morgan fingerprint density at radius 2 is 1.96 bits per heavy atom. The number of nitrogen functional groups attached to an aromatic ring is 1. The zero-order valence-electron chi connectivity index (χ0n) is 16.7. The molecule has 0 radical (unpaired) electrons. The summed E-state index contributed by atoms with van der Waals surface area (Å²) in [5.41, 5.74) is 7.06. The molecule has 5 nitrogen and oxygen atoms in total.